The van der Waals surface area contributed by atoms with Crippen molar-refractivity contribution in [2.75, 3.05) is 13.1 Å². The van der Waals surface area contributed by atoms with Gasteiger partial charge < -0.3 is 9.64 Å². The number of nitrogens with zero attached hydrogens (tertiary/aromatic N) is 3. The number of hydrogen-bond donors (Lipinski definition) is 0. The highest BCUT2D eigenvalue weighted by Crippen LogP contribution is 2.22. The van der Waals surface area contributed by atoms with Crippen LogP contribution in [0.25, 0.3) is 0 Å². The molecule has 21 heavy (non-hydrogen) atoms. The summed E-state index contributed by atoms with van der Waals surface area (Å²) in [5.74, 6) is 0.201. The molecule has 0 saturated carbocycles. The zero-order valence-electron chi connectivity index (χ0n) is 12.8. The van der Waals surface area contributed by atoms with E-state index in [-0.39, 0.29) is 17.4 Å². The van der Waals surface area contributed by atoms with E-state index in [0.717, 1.165) is 23.9 Å². The first-order valence-electron chi connectivity index (χ1n) is 7.25. The third kappa shape index (κ3) is 5.26. The predicted molar refractivity (Wildman–Crippen MR) is 84.0 cm³/mol. The molecule has 1 aromatic heterocycles. The number of amides is 1. The molecule has 0 spiro atoms. The van der Waals surface area contributed by atoms with Crippen molar-refractivity contribution in [3.8, 4) is 6.01 Å². The van der Waals surface area contributed by atoms with Gasteiger partial charge in [0.05, 0.1) is 11.0 Å². The number of aromatic nitrogens is 2. The van der Waals surface area contributed by atoms with Gasteiger partial charge in [-0.2, -0.15) is 0 Å². The van der Waals surface area contributed by atoms with Gasteiger partial charge in [0, 0.05) is 25.4 Å². The van der Waals surface area contributed by atoms with Crippen molar-refractivity contribution in [1.29, 1.82) is 0 Å². The summed E-state index contributed by atoms with van der Waals surface area (Å²) in [5.41, 5.74) is 0.0136. The second-order valence-electron chi connectivity index (χ2n) is 6.64. The molecule has 1 unspecified atom stereocenters. The number of carbonyl (C=O) groups is 1. The maximum atomic E-state index is 12.3. The number of rotatable bonds is 3. The molecule has 1 aliphatic heterocycles. The first-order chi connectivity index (χ1) is 9.83. The predicted octanol–water partition coefficient (Wildman–Crippen LogP) is 3.05. The molecule has 1 aromatic rings. The molecule has 5 nitrogen and oxygen atoms in total. The highest BCUT2D eigenvalue weighted by Gasteiger charge is 2.27. The van der Waals surface area contributed by atoms with Crippen LogP contribution < -0.4 is 4.74 Å². The Kier molecular flexibility index (Phi) is 5.19. The Labute approximate surface area is 134 Å². The summed E-state index contributed by atoms with van der Waals surface area (Å²) in [4.78, 5) is 22.4. The van der Waals surface area contributed by atoms with Crippen LogP contribution >= 0.6 is 15.9 Å². The molecule has 2 rings (SSSR count). The zero-order chi connectivity index (χ0) is 15.5. The SMILES string of the molecule is CC(C)(C)CC(=O)N1CCCC(Oc2ncc(Br)cn2)C1. The molecular formula is C15H22BrN3O2. The van der Waals surface area contributed by atoms with Gasteiger partial charge in [0.25, 0.3) is 0 Å². The summed E-state index contributed by atoms with van der Waals surface area (Å²) in [6.45, 7) is 7.68. The van der Waals surface area contributed by atoms with Crippen molar-refractivity contribution in [3.63, 3.8) is 0 Å². The lowest BCUT2D eigenvalue weighted by Crippen LogP contribution is -2.45. The normalized spacial score (nSPS) is 19.4. The van der Waals surface area contributed by atoms with Crippen LogP contribution in [0.5, 0.6) is 6.01 Å². The summed E-state index contributed by atoms with van der Waals surface area (Å²) in [6, 6.07) is 0.369. The van der Waals surface area contributed by atoms with Crippen molar-refractivity contribution < 1.29 is 9.53 Å². The lowest BCUT2D eigenvalue weighted by atomic mass is 9.91. The standard InChI is InChI=1S/C15H22BrN3O2/c1-15(2,3)7-13(20)19-6-4-5-12(10-19)21-14-17-8-11(16)9-18-14/h8-9,12H,4-7,10H2,1-3H3. The number of halogens is 1. The molecule has 116 valence electrons. The third-order valence-electron chi connectivity index (χ3n) is 3.28. The Hall–Kier alpha value is -1.17. The average molecular weight is 356 g/mol. The summed E-state index contributed by atoms with van der Waals surface area (Å²) < 4.78 is 6.60. The van der Waals surface area contributed by atoms with Gasteiger partial charge in [-0.3, -0.25) is 4.79 Å². The Balaban J connectivity index is 1.91. The molecule has 1 saturated heterocycles. The number of likely N-dealkylation sites (tertiary alicyclic amines) is 1. The van der Waals surface area contributed by atoms with Gasteiger partial charge in [0.2, 0.25) is 5.91 Å². The number of piperidine rings is 1. The fourth-order valence-corrected chi connectivity index (χ4v) is 2.54. The number of carbonyl (C=O) groups excluding carboxylic acids is 1. The van der Waals surface area contributed by atoms with Gasteiger partial charge in [-0.1, -0.05) is 20.8 Å². The Morgan fingerprint density at radius 1 is 1.43 bits per heavy atom. The molecule has 2 heterocycles. The molecule has 0 bridgehead atoms. The van der Waals surface area contributed by atoms with Gasteiger partial charge in [0.1, 0.15) is 6.10 Å². The van der Waals surface area contributed by atoms with Gasteiger partial charge in [-0.15, -0.1) is 0 Å². The summed E-state index contributed by atoms with van der Waals surface area (Å²) >= 11 is 3.29. The van der Waals surface area contributed by atoms with Crippen molar-refractivity contribution in [1.82, 2.24) is 14.9 Å². The quantitative estimate of drug-likeness (QED) is 0.835. The minimum Gasteiger partial charge on any atom is -0.458 e. The highest BCUT2D eigenvalue weighted by atomic mass is 79.9. The van der Waals surface area contributed by atoms with Gasteiger partial charge in [-0.05, 0) is 34.2 Å². The largest absolute Gasteiger partial charge is 0.458 e. The third-order valence-corrected chi connectivity index (χ3v) is 3.69. The topological polar surface area (TPSA) is 55.3 Å². The molecule has 1 fully saturated rings. The highest BCUT2D eigenvalue weighted by molar-refractivity contribution is 9.10. The molecule has 1 atom stereocenters. The van der Waals surface area contributed by atoms with Gasteiger partial charge in [0.15, 0.2) is 0 Å². The lowest BCUT2D eigenvalue weighted by molar-refractivity contribution is -0.135. The van der Waals surface area contributed by atoms with Gasteiger partial charge >= 0.3 is 6.01 Å². The van der Waals surface area contributed by atoms with Crippen molar-refractivity contribution >= 4 is 21.8 Å². The van der Waals surface area contributed by atoms with E-state index in [0.29, 0.717) is 19.0 Å². The van der Waals surface area contributed by atoms with Crippen LogP contribution in [-0.4, -0.2) is 40.0 Å². The Bertz CT molecular complexity index is 485. The zero-order valence-corrected chi connectivity index (χ0v) is 14.4. The van der Waals surface area contributed by atoms with E-state index in [1.807, 2.05) is 4.90 Å². The summed E-state index contributed by atoms with van der Waals surface area (Å²) in [5, 5.41) is 0. The van der Waals surface area contributed by atoms with Crippen LogP contribution in [-0.2, 0) is 4.79 Å². The van der Waals surface area contributed by atoms with Crippen molar-refractivity contribution in [3.05, 3.63) is 16.9 Å². The van der Waals surface area contributed by atoms with Crippen LogP contribution in [0.3, 0.4) is 0 Å². The van der Waals surface area contributed by atoms with Crippen LogP contribution in [0, 0.1) is 5.41 Å². The minimum atomic E-state index is -0.0242. The summed E-state index contributed by atoms with van der Waals surface area (Å²) in [6.07, 6.45) is 5.75. The fourth-order valence-electron chi connectivity index (χ4n) is 2.34. The maximum Gasteiger partial charge on any atom is 0.316 e. The van der Waals surface area contributed by atoms with E-state index >= 15 is 0 Å². The van der Waals surface area contributed by atoms with E-state index < -0.39 is 0 Å². The van der Waals surface area contributed by atoms with Crippen LogP contribution in [0.1, 0.15) is 40.0 Å². The number of ether oxygens (including phenoxy) is 1. The number of hydrogen-bond acceptors (Lipinski definition) is 4. The average Bonchev–Trinajstić information content (AvgIpc) is 2.40. The first-order valence-corrected chi connectivity index (χ1v) is 8.05. The van der Waals surface area contributed by atoms with Crippen LogP contribution in [0.2, 0.25) is 0 Å². The Morgan fingerprint density at radius 2 is 2.10 bits per heavy atom. The van der Waals surface area contributed by atoms with E-state index in [2.05, 4.69) is 46.7 Å². The minimum absolute atomic E-state index is 0.0136. The maximum absolute atomic E-state index is 12.3. The van der Waals surface area contributed by atoms with Crippen molar-refractivity contribution in [2.45, 2.75) is 46.1 Å². The summed E-state index contributed by atoms with van der Waals surface area (Å²) in [7, 11) is 0. The molecule has 0 aromatic carbocycles. The smallest absolute Gasteiger partial charge is 0.316 e. The molecular weight excluding hydrogens is 334 g/mol. The van der Waals surface area contributed by atoms with E-state index in [1.54, 1.807) is 12.4 Å². The molecule has 1 aliphatic rings. The van der Waals surface area contributed by atoms with Crippen LogP contribution in [0.15, 0.2) is 16.9 Å². The van der Waals surface area contributed by atoms with E-state index in [4.69, 9.17) is 4.74 Å². The monoisotopic (exact) mass is 355 g/mol. The molecule has 1 amide bonds. The van der Waals surface area contributed by atoms with E-state index in [9.17, 15) is 4.79 Å². The van der Waals surface area contributed by atoms with E-state index in [1.165, 1.54) is 0 Å². The van der Waals surface area contributed by atoms with Crippen LogP contribution in [0.4, 0.5) is 0 Å². The second kappa shape index (κ2) is 6.73. The first kappa shape index (κ1) is 16.2. The fraction of sp³-hybridized carbons (Fsp3) is 0.667. The molecule has 0 radical (unpaired) electrons. The molecule has 0 N–H and O–H groups in total. The molecule has 6 heteroatoms. The van der Waals surface area contributed by atoms with Gasteiger partial charge in [-0.25, -0.2) is 9.97 Å². The molecule has 0 aliphatic carbocycles. The van der Waals surface area contributed by atoms with Crippen molar-refractivity contribution in [2.24, 2.45) is 5.41 Å². The lowest BCUT2D eigenvalue weighted by Gasteiger charge is -2.34. The second-order valence-corrected chi connectivity index (χ2v) is 7.56. The Morgan fingerprint density at radius 3 is 2.71 bits per heavy atom.